The van der Waals surface area contributed by atoms with Crippen LogP contribution in [0, 0.1) is 0 Å². The third-order valence-corrected chi connectivity index (χ3v) is 4.94. The summed E-state index contributed by atoms with van der Waals surface area (Å²) in [4.78, 5) is 23.9. The van der Waals surface area contributed by atoms with Crippen molar-refractivity contribution < 1.29 is 23.1 Å². The van der Waals surface area contributed by atoms with Gasteiger partial charge in [-0.15, -0.1) is 0 Å². The van der Waals surface area contributed by atoms with E-state index in [0.717, 1.165) is 21.7 Å². The van der Waals surface area contributed by atoms with Gasteiger partial charge < -0.3 is 23.6 Å². The second kappa shape index (κ2) is 7.53. The predicted molar refractivity (Wildman–Crippen MR) is 117 cm³/mol. The van der Waals surface area contributed by atoms with Crippen LogP contribution in [0.1, 0.15) is 0 Å². The molecule has 0 atom stereocenters. The van der Waals surface area contributed by atoms with E-state index in [1.165, 1.54) is 6.07 Å². The summed E-state index contributed by atoms with van der Waals surface area (Å²) in [5, 5.41) is 5.43. The molecular weight excluding hydrogens is 398 g/mol. The monoisotopic (exact) mass is 415 g/mol. The van der Waals surface area contributed by atoms with Crippen LogP contribution in [0.25, 0.3) is 32.9 Å². The number of fused-ring (bicyclic) bond motifs is 4. The van der Waals surface area contributed by atoms with E-state index in [-0.39, 0.29) is 12.5 Å². The smallest absolute Gasteiger partial charge is 0.336 e. The van der Waals surface area contributed by atoms with Gasteiger partial charge in [0.05, 0.1) is 12.8 Å². The van der Waals surface area contributed by atoms with Crippen molar-refractivity contribution in [1.82, 2.24) is 0 Å². The van der Waals surface area contributed by atoms with Gasteiger partial charge in [0.15, 0.2) is 6.61 Å². The van der Waals surface area contributed by atoms with Crippen LogP contribution in [0.3, 0.4) is 0 Å². The first-order valence-corrected chi connectivity index (χ1v) is 9.56. The summed E-state index contributed by atoms with van der Waals surface area (Å²) in [7, 11) is 1.54. The van der Waals surface area contributed by atoms with E-state index in [0.29, 0.717) is 28.4 Å². The molecule has 0 saturated heterocycles. The number of nitrogens with one attached hydrogen (secondary N) is 1. The molecule has 5 rings (SSSR count). The number of methoxy groups -OCH3 is 1. The normalized spacial score (nSPS) is 11.1. The Hall–Kier alpha value is -4.26. The maximum atomic E-state index is 12.5. The van der Waals surface area contributed by atoms with Crippen LogP contribution < -0.4 is 20.4 Å². The Labute approximate surface area is 175 Å². The van der Waals surface area contributed by atoms with Gasteiger partial charge in [0.2, 0.25) is 0 Å². The molecular formula is C24H17NO6. The van der Waals surface area contributed by atoms with E-state index in [9.17, 15) is 9.59 Å². The van der Waals surface area contributed by atoms with E-state index in [1.807, 2.05) is 30.3 Å². The van der Waals surface area contributed by atoms with Crippen molar-refractivity contribution >= 4 is 44.5 Å². The van der Waals surface area contributed by atoms with Crippen LogP contribution in [0.15, 0.2) is 80.4 Å². The number of hydrogen-bond acceptors (Lipinski definition) is 6. The van der Waals surface area contributed by atoms with E-state index in [2.05, 4.69) is 5.32 Å². The number of hydrogen-bond donors (Lipinski definition) is 1. The Morgan fingerprint density at radius 1 is 0.903 bits per heavy atom. The van der Waals surface area contributed by atoms with Crippen LogP contribution in [0.2, 0.25) is 0 Å². The topological polar surface area (TPSA) is 90.9 Å². The molecule has 0 bridgehead atoms. The number of ether oxygens (including phenoxy) is 2. The Kier molecular flexibility index (Phi) is 4.55. The molecule has 7 heteroatoms. The highest BCUT2D eigenvalue weighted by Gasteiger charge is 2.14. The molecule has 3 aromatic carbocycles. The summed E-state index contributed by atoms with van der Waals surface area (Å²) in [6.45, 7) is -0.232. The van der Waals surface area contributed by atoms with Gasteiger partial charge in [-0.05, 0) is 30.3 Å². The lowest BCUT2D eigenvalue weighted by atomic mass is 10.1. The Morgan fingerprint density at radius 2 is 1.74 bits per heavy atom. The van der Waals surface area contributed by atoms with Gasteiger partial charge in [-0.25, -0.2) is 4.79 Å². The van der Waals surface area contributed by atoms with Crippen molar-refractivity contribution in [2.45, 2.75) is 0 Å². The molecule has 0 fully saturated rings. The maximum absolute atomic E-state index is 12.5. The average Bonchev–Trinajstić information content (AvgIpc) is 3.14. The van der Waals surface area contributed by atoms with Crippen LogP contribution in [-0.4, -0.2) is 19.6 Å². The molecule has 1 N–H and O–H groups in total. The van der Waals surface area contributed by atoms with E-state index < -0.39 is 5.63 Å². The Bertz CT molecular complexity index is 1500. The zero-order chi connectivity index (χ0) is 21.4. The first kappa shape index (κ1) is 18.7. The first-order chi connectivity index (χ1) is 15.1. The molecule has 0 aliphatic rings. The van der Waals surface area contributed by atoms with Crippen LogP contribution in [0.4, 0.5) is 5.69 Å². The number of benzene rings is 3. The van der Waals surface area contributed by atoms with Crippen molar-refractivity contribution in [1.29, 1.82) is 0 Å². The number of carbonyl (C=O) groups excluding carboxylic acids is 1. The van der Waals surface area contributed by atoms with Crippen molar-refractivity contribution in [3.63, 3.8) is 0 Å². The SMILES string of the molecule is COc1cc2c(cc1NC(=O)COc1ccc3ccc(=O)oc3c1)oc1ccccc12. The lowest BCUT2D eigenvalue weighted by Crippen LogP contribution is -2.20. The molecule has 31 heavy (non-hydrogen) atoms. The molecule has 0 aliphatic carbocycles. The number of anilines is 1. The quantitative estimate of drug-likeness (QED) is 0.418. The molecule has 0 aliphatic heterocycles. The van der Waals surface area contributed by atoms with E-state index in [4.69, 9.17) is 18.3 Å². The van der Waals surface area contributed by atoms with Gasteiger partial charge in [0.25, 0.3) is 5.91 Å². The second-order valence-corrected chi connectivity index (χ2v) is 6.94. The highest BCUT2D eigenvalue weighted by atomic mass is 16.5. The molecule has 0 saturated carbocycles. The van der Waals surface area contributed by atoms with Crippen LogP contribution >= 0.6 is 0 Å². The molecule has 5 aromatic rings. The molecule has 154 valence electrons. The predicted octanol–water partition coefficient (Wildman–Crippen LogP) is 4.72. The first-order valence-electron chi connectivity index (χ1n) is 9.56. The van der Waals surface area contributed by atoms with Gasteiger partial charge in [0.1, 0.15) is 28.2 Å². The van der Waals surface area contributed by atoms with Crippen molar-refractivity contribution in [3.8, 4) is 11.5 Å². The van der Waals surface area contributed by atoms with Crippen LogP contribution in [-0.2, 0) is 4.79 Å². The highest BCUT2D eigenvalue weighted by molar-refractivity contribution is 6.07. The van der Waals surface area contributed by atoms with Crippen LogP contribution in [0.5, 0.6) is 11.5 Å². The number of carbonyl (C=O) groups is 1. The van der Waals surface area contributed by atoms with Gasteiger partial charge >= 0.3 is 5.63 Å². The van der Waals surface area contributed by atoms with Crippen molar-refractivity contribution in [3.05, 3.63) is 77.2 Å². The maximum Gasteiger partial charge on any atom is 0.336 e. The standard InChI is InChI=1S/C24H17NO6/c1-28-22-11-17-16-4-2-3-5-19(16)30-21(17)12-18(22)25-23(26)13-29-15-8-6-14-7-9-24(27)31-20(14)10-15/h2-12H,13H2,1H3,(H,25,26). The van der Waals surface area contributed by atoms with E-state index >= 15 is 0 Å². The number of rotatable bonds is 5. The molecule has 1 amide bonds. The molecule has 0 spiro atoms. The zero-order valence-electron chi connectivity index (χ0n) is 16.5. The second-order valence-electron chi connectivity index (χ2n) is 6.94. The number of furan rings is 1. The highest BCUT2D eigenvalue weighted by Crippen LogP contribution is 2.36. The van der Waals surface area contributed by atoms with Gasteiger partial charge in [-0.2, -0.15) is 0 Å². The van der Waals surface area contributed by atoms with Gasteiger partial charge in [-0.1, -0.05) is 18.2 Å². The molecule has 2 heterocycles. The minimum Gasteiger partial charge on any atom is -0.495 e. The average molecular weight is 415 g/mol. The molecule has 0 unspecified atom stereocenters. The lowest BCUT2D eigenvalue weighted by molar-refractivity contribution is -0.118. The fourth-order valence-corrected chi connectivity index (χ4v) is 3.48. The Balaban J connectivity index is 1.36. The van der Waals surface area contributed by atoms with Crippen molar-refractivity contribution in [2.24, 2.45) is 0 Å². The summed E-state index contributed by atoms with van der Waals surface area (Å²) < 4.78 is 22.0. The fraction of sp³-hybridized carbons (Fsp3) is 0.0833. The molecule has 0 radical (unpaired) electrons. The minimum atomic E-state index is -0.449. The summed E-state index contributed by atoms with van der Waals surface area (Å²) in [6.07, 6.45) is 0. The summed E-state index contributed by atoms with van der Waals surface area (Å²) >= 11 is 0. The fourth-order valence-electron chi connectivity index (χ4n) is 3.48. The zero-order valence-corrected chi connectivity index (χ0v) is 16.5. The third-order valence-electron chi connectivity index (χ3n) is 4.94. The number of para-hydroxylation sites is 1. The lowest BCUT2D eigenvalue weighted by Gasteiger charge is -2.11. The Morgan fingerprint density at radius 3 is 2.61 bits per heavy atom. The van der Waals surface area contributed by atoms with Gasteiger partial charge in [-0.3, -0.25) is 4.79 Å². The largest absolute Gasteiger partial charge is 0.495 e. The summed E-state index contributed by atoms with van der Waals surface area (Å²) in [5.74, 6) is 0.556. The van der Waals surface area contributed by atoms with Gasteiger partial charge in [0, 0.05) is 34.4 Å². The third kappa shape index (κ3) is 3.57. The van der Waals surface area contributed by atoms with E-state index in [1.54, 1.807) is 37.4 Å². The molecule has 2 aromatic heterocycles. The number of amides is 1. The molecule has 7 nitrogen and oxygen atoms in total. The minimum absolute atomic E-state index is 0.232. The summed E-state index contributed by atoms with van der Waals surface area (Å²) in [5.41, 5.74) is 1.82. The van der Waals surface area contributed by atoms with Crippen molar-refractivity contribution in [2.75, 3.05) is 19.0 Å². The summed E-state index contributed by atoms with van der Waals surface area (Å²) in [6, 6.07) is 19.3.